The van der Waals surface area contributed by atoms with Gasteiger partial charge in [0.2, 0.25) is 0 Å². The summed E-state index contributed by atoms with van der Waals surface area (Å²) in [6.45, 7) is 3.35. The second-order valence-corrected chi connectivity index (χ2v) is 1.06. The molecule has 0 aliphatic carbocycles. The third-order valence-corrected chi connectivity index (χ3v) is 0.451. The number of nitrogens with zero attached hydrogens (tertiary/aromatic N) is 3. The molecule has 0 rings (SSSR count). The quantitative estimate of drug-likeness (QED) is 0.244. The van der Waals surface area contributed by atoms with Crippen LogP contribution < -0.4 is 0 Å². The maximum atomic E-state index is 10.1. The number of ether oxygens (including phenoxy) is 1. The van der Waals surface area contributed by atoms with E-state index in [9.17, 15) is 4.79 Å². The monoisotopic (exact) mass is 127 g/mol. The van der Waals surface area contributed by atoms with Crippen LogP contribution in [0.3, 0.4) is 0 Å². The van der Waals surface area contributed by atoms with Gasteiger partial charge in [0.1, 0.15) is 6.61 Å². The maximum absolute atomic E-state index is 10.1. The number of rotatable bonds is 2. The van der Waals surface area contributed by atoms with E-state index in [0.29, 0.717) is 0 Å². The number of hydrogen-bond acceptors (Lipinski definition) is 2. The third kappa shape index (κ3) is 4.37. The molecule has 0 aliphatic heterocycles. The lowest BCUT2D eigenvalue weighted by molar-refractivity contribution is 0.169. The first-order valence-electron chi connectivity index (χ1n) is 2.14. The normalized spacial score (nSPS) is 7.11. The van der Waals surface area contributed by atoms with Gasteiger partial charge in [-0.3, -0.25) is 0 Å². The predicted octanol–water partition coefficient (Wildman–Crippen LogP) is 1.62. The van der Waals surface area contributed by atoms with E-state index in [-0.39, 0.29) is 6.61 Å². The van der Waals surface area contributed by atoms with Crippen LogP contribution in [0.5, 0.6) is 0 Å². The van der Waals surface area contributed by atoms with Crippen molar-refractivity contribution in [3.05, 3.63) is 23.1 Å². The SMILES string of the molecule is C=CCOC(=O)N=[N+]=[N-]. The lowest BCUT2D eigenvalue weighted by atomic mass is 10.7. The zero-order valence-electron chi connectivity index (χ0n) is 4.65. The summed E-state index contributed by atoms with van der Waals surface area (Å²) in [7, 11) is 0. The lowest BCUT2D eigenvalue weighted by Gasteiger charge is -1.90. The van der Waals surface area contributed by atoms with Crippen LogP contribution in [0.2, 0.25) is 0 Å². The van der Waals surface area contributed by atoms with Gasteiger partial charge in [0.25, 0.3) is 0 Å². The Hall–Kier alpha value is -1.48. The summed E-state index contributed by atoms with van der Waals surface area (Å²) < 4.78 is 4.25. The van der Waals surface area contributed by atoms with Gasteiger partial charge in [0, 0.05) is 10.0 Å². The molecule has 0 aromatic rings. The highest BCUT2D eigenvalue weighted by molar-refractivity contribution is 5.67. The first kappa shape index (κ1) is 7.52. The average Bonchev–Trinajstić information content (AvgIpc) is 1.85. The summed E-state index contributed by atoms with van der Waals surface area (Å²) in [6, 6.07) is 0. The Morgan fingerprint density at radius 1 is 2.00 bits per heavy atom. The fourth-order valence-electron chi connectivity index (χ4n) is 0.196. The fourth-order valence-corrected chi connectivity index (χ4v) is 0.196. The highest BCUT2D eigenvalue weighted by atomic mass is 16.5. The van der Waals surface area contributed by atoms with Gasteiger partial charge in [0.15, 0.2) is 0 Å². The largest absolute Gasteiger partial charge is 0.457 e. The summed E-state index contributed by atoms with van der Waals surface area (Å²) in [5.41, 5.74) is 7.67. The summed E-state index contributed by atoms with van der Waals surface area (Å²) >= 11 is 0. The van der Waals surface area contributed by atoms with Crippen LogP contribution in [0.1, 0.15) is 0 Å². The molecule has 0 radical (unpaired) electrons. The van der Waals surface area contributed by atoms with Crippen molar-refractivity contribution in [1.29, 1.82) is 0 Å². The van der Waals surface area contributed by atoms with Crippen LogP contribution in [-0.4, -0.2) is 12.7 Å². The number of carbonyl (C=O) groups excluding carboxylic acids is 1. The topological polar surface area (TPSA) is 75.1 Å². The Labute approximate surface area is 51.6 Å². The molecule has 0 saturated carbocycles. The van der Waals surface area contributed by atoms with Crippen molar-refractivity contribution in [2.24, 2.45) is 5.11 Å². The van der Waals surface area contributed by atoms with E-state index in [0.717, 1.165) is 0 Å². The van der Waals surface area contributed by atoms with Gasteiger partial charge >= 0.3 is 6.09 Å². The van der Waals surface area contributed by atoms with Crippen LogP contribution in [0.4, 0.5) is 4.79 Å². The molecule has 0 aliphatic rings. The van der Waals surface area contributed by atoms with Gasteiger partial charge in [-0.15, -0.1) is 0 Å². The molecule has 0 aromatic heterocycles. The minimum atomic E-state index is -0.933. The minimum Gasteiger partial charge on any atom is -0.457 e. The van der Waals surface area contributed by atoms with E-state index in [1.165, 1.54) is 6.08 Å². The first-order valence-corrected chi connectivity index (χ1v) is 2.14. The number of carbonyl (C=O) groups is 1. The van der Waals surface area contributed by atoms with Crippen molar-refractivity contribution in [3.8, 4) is 0 Å². The molecule has 0 saturated heterocycles. The predicted molar refractivity (Wildman–Crippen MR) is 30.7 cm³/mol. The minimum absolute atomic E-state index is 0.0673. The van der Waals surface area contributed by atoms with Crippen molar-refractivity contribution < 1.29 is 9.53 Å². The molecule has 0 fully saturated rings. The second-order valence-electron chi connectivity index (χ2n) is 1.06. The zero-order chi connectivity index (χ0) is 7.11. The van der Waals surface area contributed by atoms with E-state index in [2.05, 4.69) is 21.3 Å². The van der Waals surface area contributed by atoms with E-state index >= 15 is 0 Å². The summed E-state index contributed by atoms with van der Waals surface area (Å²) in [6.07, 6.45) is 0.447. The first-order chi connectivity index (χ1) is 4.31. The molecule has 0 heterocycles. The highest BCUT2D eigenvalue weighted by Gasteiger charge is 1.91. The molecule has 5 nitrogen and oxygen atoms in total. The Morgan fingerprint density at radius 3 is 3.11 bits per heavy atom. The molecule has 0 N–H and O–H groups in total. The number of amides is 1. The Balaban J connectivity index is 3.50. The average molecular weight is 127 g/mol. The molecular formula is C4H5N3O2. The van der Waals surface area contributed by atoms with Gasteiger partial charge in [-0.05, 0) is 5.53 Å². The molecular weight excluding hydrogens is 122 g/mol. The van der Waals surface area contributed by atoms with Crippen molar-refractivity contribution in [2.75, 3.05) is 6.61 Å². The van der Waals surface area contributed by atoms with Crippen LogP contribution in [0.15, 0.2) is 17.8 Å². The Kier molecular flexibility index (Phi) is 3.90. The summed E-state index contributed by atoms with van der Waals surface area (Å²) in [5.74, 6) is 0. The molecule has 0 atom stereocenters. The fraction of sp³-hybridized carbons (Fsp3) is 0.250. The molecule has 0 spiro atoms. The van der Waals surface area contributed by atoms with Gasteiger partial charge in [-0.1, -0.05) is 12.7 Å². The van der Waals surface area contributed by atoms with E-state index in [4.69, 9.17) is 5.53 Å². The molecule has 1 amide bonds. The molecule has 9 heavy (non-hydrogen) atoms. The molecule has 48 valence electrons. The van der Waals surface area contributed by atoms with Crippen LogP contribution in [-0.2, 0) is 4.74 Å². The molecule has 0 aromatic carbocycles. The van der Waals surface area contributed by atoms with Crippen molar-refractivity contribution in [1.82, 2.24) is 0 Å². The second kappa shape index (κ2) is 4.67. The van der Waals surface area contributed by atoms with Gasteiger partial charge in [0.05, 0.1) is 0 Å². The van der Waals surface area contributed by atoms with E-state index in [1.807, 2.05) is 0 Å². The standard InChI is InChI=1S/C4H5N3O2/c1-2-3-9-4(8)6-7-5/h2H,1,3H2. The van der Waals surface area contributed by atoms with Gasteiger partial charge < -0.3 is 4.74 Å². The van der Waals surface area contributed by atoms with Gasteiger partial charge in [-0.25, -0.2) is 4.79 Å². The number of azide groups is 1. The van der Waals surface area contributed by atoms with E-state index in [1.54, 1.807) is 0 Å². The summed E-state index contributed by atoms with van der Waals surface area (Å²) in [5, 5.41) is 2.63. The zero-order valence-corrected chi connectivity index (χ0v) is 4.65. The van der Waals surface area contributed by atoms with Crippen molar-refractivity contribution >= 4 is 6.09 Å². The number of hydrogen-bond donors (Lipinski definition) is 0. The van der Waals surface area contributed by atoms with Crippen LogP contribution in [0.25, 0.3) is 10.4 Å². The summed E-state index contributed by atoms with van der Waals surface area (Å²) in [4.78, 5) is 12.3. The molecule has 0 unspecified atom stereocenters. The lowest BCUT2D eigenvalue weighted by Crippen LogP contribution is -1.95. The van der Waals surface area contributed by atoms with Crippen LogP contribution in [0, 0.1) is 0 Å². The maximum Gasteiger partial charge on any atom is 0.397 e. The van der Waals surface area contributed by atoms with Crippen molar-refractivity contribution in [3.63, 3.8) is 0 Å². The Morgan fingerprint density at radius 2 is 2.67 bits per heavy atom. The Bertz CT molecular complexity index is 159. The van der Waals surface area contributed by atoms with Gasteiger partial charge in [-0.2, -0.15) is 0 Å². The highest BCUT2D eigenvalue weighted by Crippen LogP contribution is 1.82. The van der Waals surface area contributed by atoms with Crippen LogP contribution >= 0.6 is 0 Å². The molecule has 0 bridgehead atoms. The smallest absolute Gasteiger partial charge is 0.397 e. The van der Waals surface area contributed by atoms with Crippen molar-refractivity contribution in [2.45, 2.75) is 0 Å². The van der Waals surface area contributed by atoms with E-state index < -0.39 is 6.09 Å². The molecule has 5 heteroatoms. The third-order valence-electron chi connectivity index (χ3n) is 0.451.